The summed E-state index contributed by atoms with van der Waals surface area (Å²) in [6, 6.07) is 3.18. The summed E-state index contributed by atoms with van der Waals surface area (Å²) in [6.07, 6.45) is 0.665. The summed E-state index contributed by atoms with van der Waals surface area (Å²) in [5.74, 6) is -0.0601. The second-order valence-corrected chi connectivity index (χ2v) is 7.83. The molecule has 0 radical (unpaired) electrons. The SMILES string of the molecule is CCC1S/C(=N/S(=O)(=O)c2cccs2)N(CC)C1=O. The number of sulfonamides is 1. The maximum absolute atomic E-state index is 12.1. The molecule has 1 fully saturated rings. The van der Waals surface area contributed by atoms with Gasteiger partial charge in [0.2, 0.25) is 5.91 Å². The van der Waals surface area contributed by atoms with Gasteiger partial charge in [-0.3, -0.25) is 9.69 Å². The van der Waals surface area contributed by atoms with Crippen molar-refractivity contribution in [1.82, 2.24) is 4.90 Å². The standard InChI is InChI=1S/C11H14N2O3S3/c1-3-8-10(14)13(4-2)11(18-8)12-19(15,16)9-6-5-7-17-9/h5-8H,3-4H2,1-2H3/b12-11+. The highest BCUT2D eigenvalue weighted by Crippen LogP contribution is 2.31. The van der Waals surface area contributed by atoms with Crippen molar-refractivity contribution in [1.29, 1.82) is 0 Å². The maximum Gasteiger partial charge on any atom is 0.294 e. The molecule has 1 saturated heterocycles. The highest BCUT2D eigenvalue weighted by molar-refractivity contribution is 8.16. The lowest BCUT2D eigenvalue weighted by atomic mass is 10.3. The molecule has 0 aromatic carbocycles. The third-order valence-electron chi connectivity index (χ3n) is 2.65. The molecule has 19 heavy (non-hydrogen) atoms. The monoisotopic (exact) mass is 318 g/mol. The first-order chi connectivity index (χ1) is 8.99. The van der Waals surface area contributed by atoms with Gasteiger partial charge in [0.15, 0.2) is 5.17 Å². The van der Waals surface area contributed by atoms with Crippen LogP contribution in [0.15, 0.2) is 26.1 Å². The Kier molecular flexibility index (Phi) is 4.32. The van der Waals surface area contributed by atoms with Gasteiger partial charge < -0.3 is 0 Å². The molecular formula is C11H14N2O3S3. The fourth-order valence-electron chi connectivity index (χ4n) is 1.69. The second kappa shape index (κ2) is 5.64. The van der Waals surface area contributed by atoms with Crippen LogP contribution in [0.3, 0.4) is 0 Å². The van der Waals surface area contributed by atoms with Crippen LogP contribution in [0, 0.1) is 0 Å². The lowest BCUT2D eigenvalue weighted by Crippen LogP contribution is -2.32. The van der Waals surface area contributed by atoms with Crippen molar-refractivity contribution in [2.24, 2.45) is 4.40 Å². The van der Waals surface area contributed by atoms with Crippen molar-refractivity contribution in [2.45, 2.75) is 29.7 Å². The summed E-state index contributed by atoms with van der Waals surface area (Å²) >= 11 is 2.35. The number of rotatable bonds is 4. The van der Waals surface area contributed by atoms with E-state index < -0.39 is 10.0 Å². The smallest absolute Gasteiger partial charge is 0.290 e. The zero-order valence-electron chi connectivity index (χ0n) is 10.6. The molecule has 1 amide bonds. The molecule has 1 aromatic rings. The second-order valence-electron chi connectivity index (χ2n) is 3.88. The highest BCUT2D eigenvalue weighted by Gasteiger charge is 2.37. The van der Waals surface area contributed by atoms with Crippen LogP contribution in [0.4, 0.5) is 0 Å². The molecular weight excluding hydrogens is 304 g/mol. The van der Waals surface area contributed by atoms with Crippen LogP contribution in [-0.2, 0) is 14.8 Å². The Labute approximate surface area is 120 Å². The van der Waals surface area contributed by atoms with Crippen LogP contribution in [0.1, 0.15) is 20.3 Å². The number of hydrogen-bond donors (Lipinski definition) is 0. The third kappa shape index (κ3) is 2.85. The predicted octanol–water partition coefficient (Wildman–Crippen LogP) is 2.17. The summed E-state index contributed by atoms with van der Waals surface area (Å²) in [4.78, 5) is 13.4. The van der Waals surface area contributed by atoms with Gasteiger partial charge in [-0.1, -0.05) is 24.8 Å². The highest BCUT2D eigenvalue weighted by atomic mass is 32.2. The third-order valence-corrected chi connectivity index (χ3v) is 6.75. The fraction of sp³-hybridized carbons (Fsp3) is 0.455. The minimum absolute atomic E-state index is 0.0601. The van der Waals surface area contributed by atoms with E-state index in [2.05, 4.69) is 4.40 Å². The molecule has 1 atom stereocenters. The zero-order valence-corrected chi connectivity index (χ0v) is 13.0. The molecule has 2 rings (SSSR count). The maximum atomic E-state index is 12.1. The first-order valence-corrected chi connectivity index (χ1v) is 9.06. The van der Waals surface area contributed by atoms with Crippen molar-refractivity contribution in [3.8, 4) is 0 Å². The molecule has 104 valence electrons. The Hall–Kier alpha value is -0.860. The van der Waals surface area contributed by atoms with Gasteiger partial charge in [0.25, 0.3) is 10.0 Å². The van der Waals surface area contributed by atoms with Crippen LogP contribution in [0.5, 0.6) is 0 Å². The number of carbonyl (C=O) groups is 1. The number of amidine groups is 1. The fourth-order valence-corrected chi connectivity index (χ4v) is 5.01. The number of nitrogens with zero attached hydrogens (tertiary/aromatic N) is 2. The van der Waals surface area contributed by atoms with Gasteiger partial charge in [0, 0.05) is 6.54 Å². The van der Waals surface area contributed by atoms with Crippen LogP contribution in [0.2, 0.25) is 0 Å². The average Bonchev–Trinajstić information content (AvgIpc) is 2.97. The molecule has 8 heteroatoms. The van der Waals surface area contributed by atoms with Crippen LogP contribution in [0.25, 0.3) is 0 Å². The average molecular weight is 318 g/mol. The van der Waals surface area contributed by atoms with Gasteiger partial charge in [0.05, 0.1) is 5.25 Å². The van der Waals surface area contributed by atoms with Crippen molar-refractivity contribution in [2.75, 3.05) is 6.54 Å². The lowest BCUT2D eigenvalue weighted by molar-refractivity contribution is -0.126. The van der Waals surface area contributed by atoms with E-state index >= 15 is 0 Å². The quantitative estimate of drug-likeness (QED) is 0.853. The Bertz CT molecular complexity index is 593. The van der Waals surface area contributed by atoms with Crippen LogP contribution >= 0.6 is 23.1 Å². The van der Waals surface area contributed by atoms with E-state index in [1.807, 2.05) is 13.8 Å². The minimum Gasteiger partial charge on any atom is -0.290 e. The van der Waals surface area contributed by atoms with Gasteiger partial charge in [-0.05, 0) is 24.8 Å². The summed E-state index contributed by atoms with van der Waals surface area (Å²) in [6.45, 7) is 4.14. The van der Waals surface area contributed by atoms with Crippen molar-refractivity contribution < 1.29 is 13.2 Å². The van der Waals surface area contributed by atoms with Crippen molar-refractivity contribution in [3.05, 3.63) is 17.5 Å². The molecule has 1 aromatic heterocycles. The van der Waals surface area contributed by atoms with Gasteiger partial charge in [-0.15, -0.1) is 15.7 Å². The van der Waals surface area contributed by atoms with E-state index in [0.717, 1.165) is 11.3 Å². The minimum atomic E-state index is -3.71. The summed E-state index contributed by atoms with van der Waals surface area (Å²) in [5, 5.41) is 1.75. The molecule has 1 aliphatic rings. The molecule has 2 heterocycles. The first-order valence-electron chi connectivity index (χ1n) is 5.86. The molecule has 1 aliphatic heterocycles. The number of thioether (sulfide) groups is 1. The molecule has 1 unspecified atom stereocenters. The Morgan fingerprint density at radius 3 is 2.68 bits per heavy atom. The van der Waals surface area contributed by atoms with E-state index in [4.69, 9.17) is 0 Å². The van der Waals surface area contributed by atoms with Gasteiger partial charge in [-0.2, -0.15) is 8.42 Å². The van der Waals surface area contributed by atoms with Crippen molar-refractivity contribution in [3.63, 3.8) is 0 Å². The van der Waals surface area contributed by atoms with Crippen LogP contribution in [-0.4, -0.2) is 36.2 Å². The van der Waals surface area contributed by atoms with E-state index in [1.54, 1.807) is 11.4 Å². The zero-order chi connectivity index (χ0) is 14.0. The number of thiophene rings is 1. The van der Waals surface area contributed by atoms with Crippen LogP contribution < -0.4 is 0 Å². The molecule has 5 nitrogen and oxygen atoms in total. The molecule has 0 N–H and O–H groups in total. The lowest BCUT2D eigenvalue weighted by Gasteiger charge is -2.12. The summed E-state index contributed by atoms with van der Waals surface area (Å²) in [5.41, 5.74) is 0. The molecule has 0 aliphatic carbocycles. The van der Waals surface area contributed by atoms with E-state index in [9.17, 15) is 13.2 Å². The summed E-state index contributed by atoms with van der Waals surface area (Å²) in [7, 11) is -3.71. The number of amides is 1. The largest absolute Gasteiger partial charge is 0.294 e. The van der Waals surface area contributed by atoms with E-state index in [1.165, 1.54) is 22.7 Å². The molecule has 0 bridgehead atoms. The normalized spacial score (nSPS) is 22.4. The molecule has 0 spiro atoms. The Morgan fingerprint density at radius 2 is 2.16 bits per heavy atom. The van der Waals surface area contributed by atoms with E-state index in [0.29, 0.717) is 13.0 Å². The molecule has 0 saturated carbocycles. The Balaban J connectivity index is 2.36. The van der Waals surface area contributed by atoms with Gasteiger partial charge in [-0.25, -0.2) is 0 Å². The number of hydrogen-bond acceptors (Lipinski definition) is 5. The first kappa shape index (κ1) is 14.5. The predicted molar refractivity (Wildman–Crippen MR) is 78.0 cm³/mol. The van der Waals surface area contributed by atoms with Gasteiger partial charge >= 0.3 is 0 Å². The van der Waals surface area contributed by atoms with Gasteiger partial charge in [0.1, 0.15) is 4.21 Å². The Morgan fingerprint density at radius 1 is 1.42 bits per heavy atom. The van der Waals surface area contributed by atoms with Crippen molar-refractivity contribution >= 4 is 44.2 Å². The topological polar surface area (TPSA) is 66.8 Å². The number of carbonyl (C=O) groups excluding carboxylic acids is 1. The summed E-state index contributed by atoms with van der Waals surface area (Å²) < 4.78 is 28.2. The van der Waals surface area contributed by atoms with E-state index in [-0.39, 0.29) is 20.5 Å².